The van der Waals surface area contributed by atoms with Crippen molar-refractivity contribution in [2.45, 2.75) is 45.6 Å². The van der Waals surface area contributed by atoms with Crippen molar-refractivity contribution < 1.29 is 20.1 Å². The predicted octanol–water partition coefficient (Wildman–Crippen LogP) is 1.89. The van der Waals surface area contributed by atoms with E-state index in [2.05, 4.69) is 18.7 Å². The fourth-order valence-electron chi connectivity index (χ4n) is 5.70. The molecular formula is C23H35NO4. The van der Waals surface area contributed by atoms with Crippen molar-refractivity contribution in [2.24, 2.45) is 22.7 Å². The SMILES string of the molecule is CC(C)C[C@H](CO)CN1CC2(CO)CC(=O)CC(Cc3ccccc3)(C1)C2O. The molecule has 3 unspecified atom stereocenters. The van der Waals surface area contributed by atoms with Gasteiger partial charge in [0.2, 0.25) is 0 Å². The molecule has 0 radical (unpaired) electrons. The fourth-order valence-corrected chi connectivity index (χ4v) is 5.70. The summed E-state index contributed by atoms with van der Waals surface area (Å²) in [5.41, 5.74) is -0.291. The van der Waals surface area contributed by atoms with Gasteiger partial charge in [0, 0.05) is 49.9 Å². The number of piperidine rings is 1. The van der Waals surface area contributed by atoms with Crippen LogP contribution in [0.15, 0.2) is 30.3 Å². The maximum absolute atomic E-state index is 12.6. The lowest BCUT2D eigenvalue weighted by Crippen LogP contribution is -2.68. The molecule has 3 N–H and O–H groups in total. The molecular weight excluding hydrogens is 354 g/mol. The summed E-state index contributed by atoms with van der Waals surface area (Å²) in [7, 11) is 0. The number of aliphatic hydroxyl groups is 3. The molecule has 5 heteroatoms. The Morgan fingerprint density at radius 2 is 1.75 bits per heavy atom. The van der Waals surface area contributed by atoms with E-state index in [0.29, 0.717) is 31.8 Å². The second-order valence-corrected chi connectivity index (χ2v) is 9.69. The summed E-state index contributed by atoms with van der Waals surface area (Å²) in [6, 6.07) is 10.00. The van der Waals surface area contributed by atoms with Crippen molar-refractivity contribution in [2.75, 3.05) is 32.8 Å². The highest BCUT2D eigenvalue weighted by Gasteiger charge is 2.59. The maximum Gasteiger partial charge on any atom is 0.134 e. The summed E-state index contributed by atoms with van der Waals surface area (Å²) in [5, 5.41) is 31.4. The molecule has 2 fully saturated rings. The molecule has 1 saturated carbocycles. The highest BCUT2D eigenvalue weighted by atomic mass is 16.3. The van der Waals surface area contributed by atoms with E-state index in [0.717, 1.165) is 18.5 Å². The first-order valence-electron chi connectivity index (χ1n) is 10.5. The van der Waals surface area contributed by atoms with E-state index in [1.54, 1.807) is 0 Å². The Balaban J connectivity index is 1.89. The Labute approximate surface area is 168 Å². The Morgan fingerprint density at radius 1 is 1.11 bits per heavy atom. The summed E-state index contributed by atoms with van der Waals surface area (Å²) in [4.78, 5) is 14.9. The molecule has 2 aliphatic rings. The monoisotopic (exact) mass is 389 g/mol. The number of likely N-dealkylation sites (tertiary alicyclic amines) is 1. The number of carbonyl (C=O) groups excluding carboxylic acids is 1. The molecule has 1 aromatic carbocycles. The molecule has 4 atom stereocenters. The van der Waals surface area contributed by atoms with Crippen LogP contribution in [-0.2, 0) is 11.2 Å². The highest BCUT2D eigenvalue weighted by Crippen LogP contribution is 2.51. The van der Waals surface area contributed by atoms with Crippen molar-refractivity contribution >= 4 is 5.78 Å². The number of benzene rings is 1. The summed E-state index contributed by atoms with van der Waals surface area (Å²) in [6.45, 7) is 6.10. The lowest BCUT2D eigenvalue weighted by molar-refractivity contribution is -0.187. The standard InChI is InChI=1S/C23H35NO4/c1-17(2)8-19(13-25)12-24-14-22(9-18-6-4-3-5-7-18)10-20(27)11-23(15-24,16-26)21(22)28/h3-7,17,19,21,25-26,28H,8-16H2,1-2H3/t19-,21?,22?,23?/m0/s1. The average Bonchev–Trinajstić information content (AvgIpc) is 2.64. The number of fused-ring (bicyclic) bond motifs is 2. The molecule has 0 amide bonds. The molecule has 5 nitrogen and oxygen atoms in total. The largest absolute Gasteiger partial charge is 0.396 e. The minimum Gasteiger partial charge on any atom is -0.396 e. The molecule has 1 saturated heterocycles. The van der Waals surface area contributed by atoms with Gasteiger partial charge in [0.1, 0.15) is 5.78 Å². The van der Waals surface area contributed by atoms with Crippen LogP contribution in [0.1, 0.15) is 38.7 Å². The van der Waals surface area contributed by atoms with Crippen LogP contribution in [-0.4, -0.2) is 65.0 Å². The van der Waals surface area contributed by atoms with Gasteiger partial charge in [-0.05, 0) is 30.2 Å². The fraction of sp³-hybridized carbons (Fsp3) is 0.696. The number of aliphatic hydroxyl groups excluding tert-OH is 3. The van der Waals surface area contributed by atoms with E-state index < -0.39 is 16.9 Å². The number of nitrogens with zero attached hydrogens (tertiary/aromatic N) is 1. The van der Waals surface area contributed by atoms with Gasteiger partial charge in [-0.15, -0.1) is 0 Å². The van der Waals surface area contributed by atoms with E-state index in [-0.39, 0.29) is 31.3 Å². The predicted molar refractivity (Wildman–Crippen MR) is 109 cm³/mol. The summed E-state index contributed by atoms with van der Waals surface area (Å²) in [6.07, 6.45) is 1.41. The first-order chi connectivity index (χ1) is 13.3. The van der Waals surface area contributed by atoms with E-state index in [1.165, 1.54) is 0 Å². The van der Waals surface area contributed by atoms with Gasteiger partial charge in [0.15, 0.2) is 0 Å². The van der Waals surface area contributed by atoms with Crippen LogP contribution in [0.2, 0.25) is 0 Å². The maximum atomic E-state index is 12.6. The van der Waals surface area contributed by atoms with Crippen LogP contribution in [0.5, 0.6) is 0 Å². The number of hydrogen-bond acceptors (Lipinski definition) is 5. The van der Waals surface area contributed by atoms with Gasteiger partial charge in [-0.25, -0.2) is 0 Å². The molecule has 28 heavy (non-hydrogen) atoms. The minimum absolute atomic E-state index is 0.133. The molecule has 2 bridgehead atoms. The van der Waals surface area contributed by atoms with E-state index >= 15 is 0 Å². The number of hydrogen-bond donors (Lipinski definition) is 3. The molecule has 1 aliphatic carbocycles. The molecule has 3 rings (SSSR count). The van der Waals surface area contributed by atoms with Crippen LogP contribution in [0.3, 0.4) is 0 Å². The first-order valence-corrected chi connectivity index (χ1v) is 10.5. The zero-order chi connectivity index (χ0) is 20.4. The second-order valence-electron chi connectivity index (χ2n) is 9.69. The number of carbonyl (C=O) groups is 1. The van der Waals surface area contributed by atoms with Gasteiger partial charge in [-0.3, -0.25) is 4.79 Å². The van der Waals surface area contributed by atoms with Crippen molar-refractivity contribution in [3.05, 3.63) is 35.9 Å². The van der Waals surface area contributed by atoms with Crippen LogP contribution in [0, 0.1) is 22.7 Å². The van der Waals surface area contributed by atoms with Crippen molar-refractivity contribution in [3.8, 4) is 0 Å². The smallest absolute Gasteiger partial charge is 0.134 e. The Bertz CT molecular complexity index is 664. The van der Waals surface area contributed by atoms with Crippen molar-refractivity contribution in [1.82, 2.24) is 4.90 Å². The topological polar surface area (TPSA) is 81.0 Å². The molecule has 0 spiro atoms. The summed E-state index contributed by atoms with van der Waals surface area (Å²) < 4.78 is 0. The van der Waals surface area contributed by atoms with Crippen LogP contribution in [0.4, 0.5) is 0 Å². The Morgan fingerprint density at radius 3 is 2.36 bits per heavy atom. The second kappa shape index (κ2) is 8.62. The normalized spacial score (nSPS) is 31.9. The quantitative estimate of drug-likeness (QED) is 0.633. The van der Waals surface area contributed by atoms with E-state index in [4.69, 9.17) is 0 Å². The third kappa shape index (κ3) is 4.33. The van der Waals surface area contributed by atoms with Crippen molar-refractivity contribution in [3.63, 3.8) is 0 Å². The third-order valence-electron chi connectivity index (χ3n) is 6.63. The van der Waals surface area contributed by atoms with Crippen LogP contribution < -0.4 is 0 Å². The molecule has 1 heterocycles. The lowest BCUT2D eigenvalue weighted by atomic mass is 9.55. The average molecular weight is 390 g/mol. The molecule has 1 aromatic rings. The van der Waals surface area contributed by atoms with Gasteiger partial charge in [-0.1, -0.05) is 44.2 Å². The first kappa shape index (κ1) is 21.4. The Hall–Kier alpha value is -1.27. The Kier molecular flexibility index (Phi) is 6.60. The van der Waals surface area contributed by atoms with E-state index in [1.807, 2.05) is 30.3 Å². The zero-order valence-corrected chi connectivity index (χ0v) is 17.2. The van der Waals surface area contributed by atoms with Crippen LogP contribution >= 0.6 is 0 Å². The van der Waals surface area contributed by atoms with Gasteiger partial charge in [0.05, 0.1) is 12.7 Å². The summed E-state index contributed by atoms with van der Waals surface area (Å²) >= 11 is 0. The van der Waals surface area contributed by atoms with Crippen molar-refractivity contribution in [1.29, 1.82) is 0 Å². The molecule has 0 aromatic heterocycles. The third-order valence-corrected chi connectivity index (χ3v) is 6.63. The van der Waals surface area contributed by atoms with Gasteiger partial charge in [-0.2, -0.15) is 0 Å². The van der Waals surface area contributed by atoms with Gasteiger partial charge < -0.3 is 20.2 Å². The molecule has 1 aliphatic heterocycles. The number of ketones is 1. The van der Waals surface area contributed by atoms with Crippen LogP contribution in [0.25, 0.3) is 0 Å². The number of rotatable bonds is 8. The minimum atomic E-state index is -0.805. The lowest BCUT2D eigenvalue weighted by Gasteiger charge is -2.58. The van der Waals surface area contributed by atoms with Gasteiger partial charge >= 0.3 is 0 Å². The summed E-state index contributed by atoms with van der Waals surface area (Å²) in [5.74, 6) is 0.797. The zero-order valence-electron chi connectivity index (χ0n) is 17.2. The number of Topliss-reactive ketones (excluding diaryl/α,β-unsaturated/α-hetero) is 1. The van der Waals surface area contributed by atoms with E-state index in [9.17, 15) is 20.1 Å². The highest BCUT2D eigenvalue weighted by molar-refractivity contribution is 5.81. The van der Waals surface area contributed by atoms with Gasteiger partial charge in [0.25, 0.3) is 0 Å². The molecule has 156 valence electrons.